The first kappa shape index (κ1) is 17.7. The van der Waals surface area contributed by atoms with Crippen LogP contribution >= 0.6 is 0 Å². The monoisotopic (exact) mass is 379 g/mol. The molecule has 0 saturated carbocycles. The van der Waals surface area contributed by atoms with Crippen LogP contribution in [0.1, 0.15) is 33.6 Å². The number of ether oxygens (including phenoxy) is 1. The minimum atomic E-state index is -1.01. The van der Waals surface area contributed by atoms with Gasteiger partial charge in [-0.2, -0.15) is 0 Å². The third-order valence-electron chi connectivity index (χ3n) is 4.78. The van der Waals surface area contributed by atoms with Crippen molar-refractivity contribution in [3.63, 3.8) is 0 Å². The van der Waals surface area contributed by atoms with E-state index in [1.807, 2.05) is 6.07 Å². The van der Waals surface area contributed by atoms with Crippen LogP contribution in [0.2, 0.25) is 0 Å². The van der Waals surface area contributed by atoms with E-state index in [0.717, 1.165) is 10.6 Å². The van der Waals surface area contributed by atoms with Gasteiger partial charge in [0.25, 0.3) is 11.8 Å². The third kappa shape index (κ3) is 2.88. The maximum atomic E-state index is 13.0. The summed E-state index contributed by atoms with van der Waals surface area (Å²) in [7, 11) is 1.78. The molecule has 8 heteroatoms. The SMILES string of the molecule is CNc1cccc(Oc2cccc3c2C(=O)N(C2CCC(=O)NC2=O)C3=O)c1. The second-order valence-electron chi connectivity index (χ2n) is 6.51. The van der Waals surface area contributed by atoms with Gasteiger partial charge in [-0.3, -0.25) is 29.4 Å². The summed E-state index contributed by atoms with van der Waals surface area (Å²) in [5, 5.41) is 5.18. The number of nitrogens with one attached hydrogen (secondary N) is 2. The molecule has 28 heavy (non-hydrogen) atoms. The van der Waals surface area contributed by atoms with E-state index in [1.165, 1.54) is 6.07 Å². The van der Waals surface area contributed by atoms with E-state index in [1.54, 1.807) is 37.4 Å². The Bertz CT molecular complexity index is 1020. The molecule has 2 aromatic rings. The van der Waals surface area contributed by atoms with E-state index < -0.39 is 29.7 Å². The zero-order valence-electron chi connectivity index (χ0n) is 15.0. The highest BCUT2D eigenvalue weighted by Crippen LogP contribution is 2.36. The smallest absolute Gasteiger partial charge is 0.266 e. The van der Waals surface area contributed by atoms with Crippen molar-refractivity contribution in [2.24, 2.45) is 0 Å². The zero-order chi connectivity index (χ0) is 19.8. The topological polar surface area (TPSA) is 105 Å². The molecule has 2 heterocycles. The number of hydrogen-bond acceptors (Lipinski definition) is 6. The van der Waals surface area contributed by atoms with Crippen LogP contribution in [0.3, 0.4) is 0 Å². The molecule has 0 spiro atoms. The maximum absolute atomic E-state index is 13.0. The Balaban J connectivity index is 1.68. The van der Waals surface area contributed by atoms with Crippen molar-refractivity contribution >= 4 is 29.3 Å². The number of carbonyl (C=O) groups is 4. The predicted octanol–water partition coefficient (Wildman–Crippen LogP) is 1.92. The number of imide groups is 2. The lowest BCUT2D eigenvalue weighted by molar-refractivity contribution is -0.136. The quantitative estimate of drug-likeness (QED) is 0.787. The van der Waals surface area contributed by atoms with E-state index in [-0.39, 0.29) is 29.7 Å². The predicted molar refractivity (Wildman–Crippen MR) is 99.2 cm³/mol. The molecule has 0 aromatic heterocycles. The van der Waals surface area contributed by atoms with Gasteiger partial charge in [0.15, 0.2) is 0 Å². The number of carbonyl (C=O) groups excluding carboxylic acids is 4. The molecule has 2 aliphatic rings. The minimum Gasteiger partial charge on any atom is -0.456 e. The summed E-state index contributed by atoms with van der Waals surface area (Å²) in [5.74, 6) is -1.49. The Hall–Kier alpha value is -3.68. The van der Waals surface area contributed by atoms with Crippen molar-refractivity contribution in [1.29, 1.82) is 0 Å². The van der Waals surface area contributed by atoms with Gasteiger partial charge < -0.3 is 10.1 Å². The molecule has 8 nitrogen and oxygen atoms in total. The highest BCUT2D eigenvalue weighted by Gasteiger charge is 2.46. The van der Waals surface area contributed by atoms with Gasteiger partial charge in [0, 0.05) is 25.2 Å². The van der Waals surface area contributed by atoms with Crippen LogP contribution in [-0.2, 0) is 9.59 Å². The Morgan fingerprint density at radius 1 is 1.07 bits per heavy atom. The van der Waals surface area contributed by atoms with Gasteiger partial charge >= 0.3 is 0 Å². The average molecular weight is 379 g/mol. The zero-order valence-corrected chi connectivity index (χ0v) is 15.0. The largest absolute Gasteiger partial charge is 0.456 e. The van der Waals surface area contributed by atoms with Crippen LogP contribution in [-0.4, -0.2) is 41.6 Å². The van der Waals surface area contributed by atoms with Crippen LogP contribution in [0.5, 0.6) is 11.5 Å². The van der Waals surface area contributed by atoms with Gasteiger partial charge in [0.1, 0.15) is 17.5 Å². The highest BCUT2D eigenvalue weighted by atomic mass is 16.5. The molecule has 1 atom stereocenters. The molecule has 1 saturated heterocycles. The average Bonchev–Trinajstić information content (AvgIpc) is 2.94. The second-order valence-corrected chi connectivity index (χ2v) is 6.51. The van der Waals surface area contributed by atoms with Crippen molar-refractivity contribution < 1.29 is 23.9 Å². The van der Waals surface area contributed by atoms with Gasteiger partial charge in [-0.05, 0) is 30.7 Å². The van der Waals surface area contributed by atoms with E-state index in [4.69, 9.17) is 4.74 Å². The number of fused-ring (bicyclic) bond motifs is 1. The van der Waals surface area contributed by atoms with Crippen LogP contribution in [0.25, 0.3) is 0 Å². The summed E-state index contributed by atoms with van der Waals surface area (Å²) < 4.78 is 5.87. The molecule has 2 N–H and O–H groups in total. The number of benzene rings is 2. The molecular weight excluding hydrogens is 362 g/mol. The molecule has 1 unspecified atom stereocenters. The summed E-state index contributed by atoms with van der Waals surface area (Å²) >= 11 is 0. The fraction of sp³-hybridized carbons (Fsp3) is 0.200. The molecule has 2 aromatic carbocycles. The van der Waals surface area contributed by atoms with Crippen molar-refractivity contribution in [1.82, 2.24) is 10.2 Å². The Morgan fingerprint density at radius 2 is 1.86 bits per heavy atom. The fourth-order valence-electron chi connectivity index (χ4n) is 3.41. The molecule has 0 bridgehead atoms. The molecule has 1 fully saturated rings. The first-order chi connectivity index (χ1) is 13.5. The van der Waals surface area contributed by atoms with Gasteiger partial charge in [0.2, 0.25) is 11.8 Å². The minimum absolute atomic E-state index is 0.0734. The Labute approximate surface area is 160 Å². The van der Waals surface area contributed by atoms with E-state index in [2.05, 4.69) is 10.6 Å². The number of amides is 4. The molecular formula is C20H17N3O5. The molecule has 142 valence electrons. The molecule has 4 amide bonds. The van der Waals surface area contributed by atoms with Gasteiger partial charge in [-0.25, -0.2) is 0 Å². The van der Waals surface area contributed by atoms with Crippen molar-refractivity contribution in [3.8, 4) is 11.5 Å². The maximum Gasteiger partial charge on any atom is 0.266 e. The number of hydrogen-bond donors (Lipinski definition) is 2. The molecule has 4 rings (SSSR count). The summed E-state index contributed by atoms with van der Waals surface area (Å²) in [4.78, 5) is 50.3. The molecule has 0 aliphatic carbocycles. The number of piperidine rings is 1. The number of rotatable bonds is 4. The lowest BCUT2D eigenvalue weighted by Crippen LogP contribution is -2.54. The molecule has 0 radical (unpaired) electrons. The summed E-state index contributed by atoms with van der Waals surface area (Å²) in [6.07, 6.45) is 0.181. The van der Waals surface area contributed by atoms with E-state index in [9.17, 15) is 19.2 Å². The van der Waals surface area contributed by atoms with Crippen LogP contribution in [0, 0.1) is 0 Å². The van der Waals surface area contributed by atoms with Crippen molar-refractivity contribution in [3.05, 3.63) is 53.6 Å². The van der Waals surface area contributed by atoms with Crippen molar-refractivity contribution in [2.75, 3.05) is 12.4 Å². The summed E-state index contributed by atoms with van der Waals surface area (Å²) in [5.41, 5.74) is 1.13. The number of anilines is 1. The first-order valence-corrected chi connectivity index (χ1v) is 8.80. The highest BCUT2D eigenvalue weighted by molar-refractivity contribution is 6.24. The normalized spacial score (nSPS) is 18.8. The lowest BCUT2D eigenvalue weighted by atomic mass is 10.0. The van der Waals surface area contributed by atoms with E-state index >= 15 is 0 Å². The standard InChI is InChI=1S/C20H17N3O5/c1-21-11-4-2-5-12(10-11)28-15-7-3-6-13-17(15)20(27)23(19(13)26)14-8-9-16(24)22-18(14)25/h2-7,10,14,21H,8-9H2,1H3,(H,22,24,25). The Kier molecular flexibility index (Phi) is 4.31. The first-order valence-electron chi connectivity index (χ1n) is 8.80. The fourth-order valence-corrected chi connectivity index (χ4v) is 3.41. The van der Waals surface area contributed by atoms with Crippen LogP contribution in [0.15, 0.2) is 42.5 Å². The van der Waals surface area contributed by atoms with Gasteiger partial charge in [0.05, 0.1) is 11.1 Å². The number of nitrogens with zero attached hydrogens (tertiary/aromatic N) is 1. The van der Waals surface area contributed by atoms with Gasteiger partial charge in [-0.1, -0.05) is 12.1 Å². The lowest BCUT2D eigenvalue weighted by Gasteiger charge is -2.27. The van der Waals surface area contributed by atoms with Crippen molar-refractivity contribution in [2.45, 2.75) is 18.9 Å². The van der Waals surface area contributed by atoms with Gasteiger partial charge in [-0.15, -0.1) is 0 Å². The van der Waals surface area contributed by atoms with E-state index in [0.29, 0.717) is 5.75 Å². The Morgan fingerprint density at radius 3 is 2.61 bits per heavy atom. The summed E-state index contributed by atoms with van der Waals surface area (Å²) in [6.45, 7) is 0. The second kappa shape index (κ2) is 6.80. The summed E-state index contributed by atoms with van der Waals surface area (Å²) in [6, 6.07) is 10.9. The molecule has 2 aliphatic heterocycles. The van der Waals surface area contributed by atoms with Crippen LogP contribution in [0.4, 0.5) is 5.69 Å². The third-order valence-corrected chi connectivity index (χ3v) is 4.78. The van der Waals surface area contributed by atoms with Crippen LogP contribution < -0.4 is 15.4 Å².